The zero-order valence-electron chi connectivity index (χ0n) is 87.4. The van der Waals surface area contributed by atoms with Gasteiger partial charge in [-0.1, -0.05) is 84.5 Å². The largest absolute Gasteiger partial charge is 0.378 e. The summed E-state index contributed by atoms with van der Waals surface area (Å²) >= 11 is 25.1. The summed E-state index contributed by atoms with van der Waals surface area (Å²) in [5.41, 5.74) is 16.0. The van der Waals surface area contributed by atoms with Gasteiger partial charge in [0.15, 0.2) is 46.5 Å². The van der Waals surface area contributed by atoms with E-state index in [9.17, 15) is 19.2 Å². The van der Waals surface area contributed by atoms with E-state index < -0.39 is 0 Å². The van der Waals surface area contributed by atoms with Gasteiger partial charge in [-0.05, 0) is 308 Å². The smallest absolute Gasteiger partial charge is 0.237 e. The highest BCUT2D eigenvalue weighted by molar-refractivity contribution is 6.34. The quantitative estimate of drug-likeness (QED) is 0.0179. The van der Waals surface area contributed by atoms with Crippen LogP contribution in [0.4, 0.5) is 71.3 Å². The van der Waals surface area contributed by atoms with Crippen LogP contribution < -0.4 is 31.9 Å². The maximum atomic E-state index is 15.3. The summed E-state index contributed by atoms with van der Waals surface area (Å²) in [5.74, 6) is 6.92. The first-order valence-corrected chi connectivity index (χ1v) is 53.2. The van der Waals surface area contributed by atoms with E-state index in [1.807, 2.05) is 113 Å². The maximum absolute atomic E-state index is 15.3. The van der Waals surface area contributed by atoms with E-state index in [1.54, 1.807) is 24.4 Å². The van der Waals surface area contributed by atoms with Gasteiger partial charge >= 0.3 is 0 Å². The Balaban J connectivity index is 0.000000149. The van der Waals surface area contributed by atoms with Crippen molar-refractivity contribution < 1.29 is 37.1 Å². The number of carbonyl (C=O) groups is 4. The molecule has 4 amide bonds. The van der Waals surface area contributed by atoms with Crippen molar-refractivity contribution >= 4 is 128 Å². The van der Waals surface area contributed by atoms with E-state index in [2.05, 4.69) is 179 Å². The molecule has 8 aromatic heterocycles. The molecule has 41 heteroatoms. The number of hydrogen-bond acceptors (Lipinski definition) is 26. The zero-order chi connectivity index (χ0) is 106. The highest BCUT2D eigenvalue weighted by atomic mass is 35.5. The van der Waals surface area contributed by atoms with Crippen molar-refractivity contribution in [3.8, 4) is 0 Å². The predicted molar refractivity (Wildman–Crippen MR) is 578 cm³/mol. The van der Waals surface area contributed by atoms with Crippen LogP contribution in [0.3, 0.4) is 0 Å². The number of likely N-dealkylation sites (tertiary alicyclic amines) is 4. The van der Waals surface area contributed by atoms with E-state index in [0.29, 0.717) is 190 Å². The Hall–Kier alpha value is -12.3. The summed E-state index contributed by atoms with van der Waals surface area (Å²) < 4.78 is 51.1. The molecule has 0 bridgehead atoms. The van der Waals surface area contributed by atoms with Crippen molar-refractivity contribution in [2.24, 2.45) is 0 Å². The van der Waals surface area contributed by atoms with Crippen LogP contribution in [0.2, 0.25) is 20.1 Å². The second-order valence-electron chi connectivity index (χ2n) is 40.0. The fourth-order valence-corrected chi connectivity index (χ4v) is 20.4. The Labute approximate surface area is 889 Å². The lowest BCUT2D eigenvalue weighted by atomic mass is 9.85. The SMILES string of the molecule is CCN(CC)CC(=O)N1CCC(c2cc(F)c(Cc3ncc(Cl)c(Nc4cc(C)[nH]n4)n3)cc2C)CC1.Cc1cc(Nc2nc(Cc3cc(C)c(C4CCN(CCC(=O)NC5CC5)CC4)cc3F)ncc2Cl)n[nH]1.Cc1cc(Nc2nc(Cc3cc(C)c(C4CCN(CCCC(=O)N5CCOCC5)CC4)cc3F)ncc2Cl)n[nH]1.Cc1cc(Nc2nc(Nc3cc(C)c(C4CCCCN4C(=O)CN(C)C)cc3C)ncc2Cl)n[nH]1. The first-order chi connectivity index (χ1) is 71.7. The molecule has 0 spiro atoms. The molecule has 149 heavy (non-hydrogen) atoms. The normalized spacial score (nSPS) is 16.0. The first kappa shape index (κ1) is 111. The van der Waals surface area contributed by atoms with Gasteiger partial charge in [0, 0.05) is 130 Å². The van der Waals surface area contributed by atoms with Crippen LogP contribution in [0.15, 0.2) is 97.6 Å². The molecular weight excluding hydrogens is 1980 g/mol. The van der Waals surface area contributed by atoms with Gasteiger partial charge in [-0.2, -0.15) is 25.4 Å². The zero-order valence-corrected chi connectivity index (χ0v) is 90.4. The van der Waals surface area contributed by atoms with Crippen molar-refractivity contribution in [2.45, 2.75) is 215 Å². The molecule has 6 fully saturated rings. The third-order valence-corrected chi connectivity index (χ3v) is 29.3. The van der Waals surface area contributed by atoms with Crippen LogP contribution >= 0.6 is 46.4 Å². The standard InChI is InChI=1S/C29H37ClFN7O2.C27H33ClFN7O.C27H35ClFN7O.C25H33ClN8O/c1-19-14-22(16-26-32-18-24(30)29(33-26)34-27-15-20(2)35-36-27)25(31)17-23(19)21-5-8-37(9-6-21)7-3-4-28(39)38-10-12-40-13-11-38;1-16-11-19(13-24-30-15-22(28)27(32-24)33-25-12-17(2)34-35-25)23(29)14-21(16)18-5-8-36(9-6-18)10-7-26(37)31-20-3-4-20;1-5-35(6-2)16-26(37)36-9-7-19(8-10-36)21-14-23(29)20(11-17(21)3)13-24-30-15-22(28)27(31-24)32-25-12-18(4)33-34-25;1-15-11-20(28-25-27-13-19(26)24(30-25)29-22-12-17(3)31-32-22)16(2)10-18(15)21-8-6-7-9-34(21)23(35)14-33(4)5/h14-15,17-18,21H,3-13,16H2,1-2H3,(H2,32,33,34,35,36);11-12,14-15,18,20H,3-10,13H2,1-2H3,(H,31,37)(H2,30,32,33,34,35);11-12,14-15,19H,5-10,13,16H2,1-4H3,(H2,30,31,32,33,34);10-13,21H,6-9,14H2,1-5H3,(H3,27,28,29,30,31,32). The topological polar surface area (TPSA) is 390 Å². The van der Waals surface area contributed by atoms with Gasteiger partial charge in [0.05, 0.1) is 57.1 Å². The third kappa shape index (κ3) is 31.2. The molecule has 6 aliphatic rings. The number of aryl methyl sites for hydroxylation is 9. The van der Waals surface area contributed by atoms with Crippen LogP contribution in [0.1, 0.15) is 235 Å². The fraction of sp³-hybridized carbons (Fsp3) is 0.481. The molecular formula is C108H138Cl4F3N29O5. The first-order valence-electron chi connectivity index (χ1n) is 51.7. The number of nitrogens with zero attached hydrogens (tertiary/aromatic N) is 19. The van der Waals surface area contributed by atoms with Crippen molar-refractivity contribution in [3.63, 3.8) is 0 Å². The molecule has 794 valence electrons. The molecule has 18 rings (SSSR count). The molecule has 1 saturated carbocycles. The number of aromatic amines is 4. The second kappa shape index (κ2) is 52.4. The summed E-state index contributed by atoms with van der Waals surface area (Å²) in [5, 5.41) is 48.3. The monoisotopic (exact) mass is 2120 g/mol. The number of halogens is 7. The molecule has 13 heterocycles. The van der Waals surface area contributed by atoms with E-state index in [4.69, 9.17) is 51.1 Å². The molecule has 0 radical (unpaired) electrons. The number of likely N-dealkylation sites (N-methyl/N-ethyl adjacent to an activating group) is 2. The number of aromatic nitrogens is 16. The van der Waals surface area contributed by atoms with Crippen molar-refractivity contribution in [3.05, 3.63) is 242 Å². The molecule has 12 aromatic rings. The lowest BCUT2D eigenvalue weighted by Crippen LogP contribution is -2.43. The van der Waals surface area contributed by atoms with Gasteiger partial charge in [-0.15, -0.1) is 0 Å². The van der Waals surface area contributed by atoms with Crippen molar-refractivity contribution in [2.75, 3.05) is 152 Å². The van der Waals surface area contributed by atoms with Gasteiger partial charge in [-0.25, -0.2) is 48.1 Å². The number of carbonyl (C=O) groups excluding carboxylic acids is 4. The lowest BCUT2D eigenvalue weighted by molar-refractivity contribution is -0.136. The number of H-pyrrole nitrogens is 4. The average molecular weight is 2120 g/mol. The Morgan fingerprint density at radius 1 is 0.416 bits per heavy atom. The molecule has 5 saturated heterocycles. The van der Waals surface area contributed by atoms with Gasteiger partial charge in [0.1, 0.15) is 55.0 Å². The van der Waals surface area contributed by atoms with Crippen molar-refractivity contribution in [1.29, 1.82) is 0 Å². The number of piperidine rings is 4. The van der Waals surface area contributed by atoms with Gasteiger partial charge in [-0.3, -0.25) is 44.5 Å². The number of morpholine rings is 1. The lowest BCUT2D eigenvalue weighted by Gasteiger charge is -2.37. The molecule has 4 aromatic carbocycles. The Morgan fingerprint density at radius 3 is 1.23 bits per heavy atom. The van der Waals surface area contributed by atoms with Crippen LogP contribution in [-0.2, 0) is 43.2 Å². The van der Waals surface area contributed by atoms with Gasteiger partial charge < -0.3 is 66.0 Å². The number of amides is 4. The summed E-state index contributed by atoms with van der Waals surface area (Å²) in [6.07, 6.45) is 19.9. The van der Waals surface area contributed by atoms with E-state index >= 15 is 13.2 Å². The fourth-order valence-electron chi connectivity index (χ4n) is 19.9. The predicted octanol–water partition coefficient (Wildman–Crippen LogP) is 19.4. The highest BCUT2D eigenvalue weighted by Gasteiger charge is 2.34. The highest BCUT2D eigenvalue weighted by Crippen LogP contribution is 2.41. The Bertz CT molecular complexity index is 6580. The van der Waals surface area contributed by atoms with Crippen LogP contribution in [-0.4, -0.2) is 270 Å². The number of hydrogen-bond donors (Lipinski definition) is 10. The van der Waals surface area contributed by atoms with Crippen LogP contribution in [0, 0.1) is 79.8 Å². The van der Waals surface area contributed by atoms with Gasteiger partial charge in [0.2, 0.25) is 29.6 Å². The molecule has 5 aliphatic heterocycles. The number of benzene rings is 4. The van der Waals surface area contributed by atoms with Gasteiger partial charge in [0.25, 0.3) is 0 Å². The third-order valence-electron chi connectivity index (χ3n) is 28.2. The van der Waals surface area contributed by atoms with Crippen molar-refractivity contribution in [1.82, 2.24) is 120 Å². The van der Waals surface area contributed by atoms with Crippen LogP contribution in [0.5, 0.6) is 0 Å². The molecule has 34 nitrogen and oxygen atoms in total. The molecule has 10 N–H and O–H groups in total. The summed E-state index contributed by atoms with van der Waals surface area (Å²) in [6.45, 7) is 35.0. The summed E-state index contributed by atoms with van der Waals surface area (Å²) in [6, 6.07) is 23.0. The number of rotatable bonds is 34. The molecule has 1 unspecified atom stereocenters. The van der Waals surface area contributed by atoms with E-state index in [1.165, 1.54) is 24.2 Å². The summed E-state index contributed by atoms with van der Waals surface area (Å²) in [4.78, 5) is 100. The average Bonchev–Trinajstić information content (AvgIpc) is 1.52. The maximum Gasteiger partial charge on any atom is 0.237 e. The number of anilines is 10. The second-order valence-corrected chi connectivity index (χ2v) is 41.7. The number of ether oxygens (including phenoxy) is 1. The summed E-state index contributed by atoms with van der Waals surface area (Å²) in [7, 11) is 3.87. The van der Waals surface area contributed by atoms with E-state index in [-0.39, 0.29) is 72.3 Å². The number of nitrogens with one attached hydrogen (secondary N) is 10. The Kier molecular flexibility index (Phi) is 39.0. The molecule has 1 aliphatic carbocycles. The minimum absolute atomic E-state index is 0.101. The Morgan fingerprint density at radius 2 is 0.819 bits per heavy atom. The molecule has 1 atom stereocenters. The minimum Gasteiger partial charge on any atom is -0.378 e. The minimum atomic E-state index is -0.267. The van der Waals surface area contributed by atoms with E-state index in [0.717, 1.165) is 209 Å². The van der Waals surface area contributed by atoms with Crippen LogP contribution in [0.25, 0.3) is 0 Å².